The molecule has 1 saturated heterocycles. The van der Waals surface area contributed by atoms with Crippen molar-refractivity contribution in [1.29, 1.82) is 0 Å². The van der Waals surface area contributed by atoms with Crippen molar-refractivity contribution in [3.63, 3.8) is 0 Å². The first-order valence-electron chi connectivity index (χ1n) is 5.11. The van der Waals surface area contributed by atoms with Crippen molar-refractivity contribution in [1.82, 2.24) is 4.90 Å². The third-order valence-electron chi connectivity index (χ3n) is 2.59. The predicted molar refractivity (Wildman–Crippen MR) is 59.4 cm³/mol. The first-order valence-corrected chi connectivity index (χ1v) is 5.11. The maximum Gasteiger partial charge on any atom is 0.269 e. The van der Waals surface area contributed by atoms with Crippen LogP contribution in [0.2, 0.25) is 0 Å². The van der Waals surface area contributed by atoms with Gasteiger partial charge >= 0.3 is 0 Å². The summed E-state index contributed by atoms with van der Waals surface area (Å²) in [6, 6.07) is 6.16. The molecule has 1 fully saturated rings. The molecule has 6 heteroatoms. The van der Waals surface area contributed by atoms with E-state index in [0.717, 1.165) is 0 Å². The van der Waals surface area contributed by atoms with Gasteiger partial charge in [0.15, 0.2) is 6.10 Å². The van der Waals surface area contributed by atoms with Crippen LogP contribution in [0.15, 0.2) is 24.3 Å². The Hall–Kier alpha value is -1.95. The number of hydrogen-bond acceptors (Lipinski definition) is 4. The van der Waals surface area contributed by atoms with Crippen molar-refractivity contribution in [2.24, 2.45) is 0 Å². The van der Waals surface area contributed by atoms with E-state index in [4.69, 9.17) is 4.74 Å². The number of nitrogens with zero attached hydrogens (tertiary/aromatic N) is 2. The first kappa shape index (κ1) is 11.5. The number of carbonyl (C=O) groups excluding carboxylic acids is 1. The van der Waals surface area contributed by atoms with Gasteiger partial charge in [-0.1, -0.05) is 12.1 Å². The fraction of sp³-hybridized carbons (Fsp3) is 0.364. The molecule has 1 aliphatic heterocycles. The van der Waals surface area contributed by atoms with Crippen LogP contribution in [0.4, 0.5) is 5.69 Å². The van der Waals surface area contributed by atoms with Gasteiger partial charge in [-0.2, -0.15) is 0 Å². The van der Waals surface area contributed by atoms with Crippen LogP contribution < -0.4 is 0 Å². The van der Waals surface area contributed by atoms with E-state index in [2.05, 4.69) is 0 Å². The van der Waals surface area contributed by atoms with Crippen LogP contribution in [0.25, 0.3) is 0 Å². The molecule has 1 aromatic carbocycles. The molecule has 2 atom stereocenters. The molecule has 0 aliphatic carbocycles. The molecular formula is C11H12N2O4. The molecule has 0 saturated carbocycles. The average molecular weight is 236 g/mol. The van der Waals surface area contributed by atoms with Gasteiger partial charge in [-0.25, -0.2) is 0 Å². The fourth-order valence-corrected chi connectivity index (χ4v) is 1.62. The zero-order valence-electron chi connectivity index (χ0n) is 9.49. The molecule has 0 unspecified atom stereocenters. The standard InChI is InChI=1S/C11H12N2O4/c1-12(2)11(14)10-9(17-10)7-4-3-5-8(6-7)13(15)16/h3-6,9-10H,1-2H3/t9-,10+/m0/s1. The first-order chi connectivity index (χ1) is 8.00. The third kappa shape index (κ3) is 2.26. The summed E-state index contributed by atoms with van der Waals surface area (Å²) < 4.78 is 5.25. The van der Waals surface area contributed by atoms with Crippen LogP contribution in [0.1, 0.15) is 11.7 Å². The summed E-state index contributed by atoms with van der Waals surface area (Å²) in [7, 11) is 3.29. The summed E-state index contributed by atoms with van der Waals surface area (Å²) in [5.74, 6) is -0.124. The molecule has 0 N–H and O–H groups in total. The lowest BCUT2D eigenvalue weighted by Gasteiger charge is -2.06. The van der Waals surface area contributed by atoms with E-state index in [9.17, 15) is 14.9 Å². The largest absolute Gasteiger partial charge is 0.354 e. The molecule has 0 radical (unpaired) electrons. The highest BCUT2D eigenvalue weighted by Crippen LogP contribution is 2.40. The molecule has 2 rings (SSSR count). The minimum atomic E-state index is -0.507. The number of amides is 1. The van der Waals surface area contributed by atoms with E-state index in [1.54, 1.807) is 26.2 Å². The smallest absolute Gasteiger partial charge is 0.269 e. The van der Waals surface area contributed by atoms with Crippen LogP contribution >= 0.6 is 0 Å². The number of carbonyl (C=O) groups is 1. The van der Waals surface area contributed by atoms with E-state index in [1.165, 1.54) is 17.0 Å². The Bertz CT molecular complexity index is 472. The fourth-order valence-electron chi connectivity index (χ4n) is 1.62. The second-order valence-electron chi connectivity index (χ2n) is 4.06. The van der Waals surface area contributed by atoms with Gasteiger partial charge in [0.2, 0.25) is 0 Å². The number of nitro groups is 1. The van der Waals surface area contributed by atoms with Crippen LogP contribution in [-0.2, 0) is 9.53 Å². The Balaban J connectivity index is 2.13. The van der Waals surface area contributed by atoms with Crippen molar-refractivity contribution < 1.29 is 14.5 Å². The van der Waals surface area contributed by atoms with Gasteiger partial charge < -0.3 is 9.64 Å². The van der Waals surface area contributed by atoms with Crippen LogP contribution in [-0.4, -0.2) is 35.9 Å². The second-order valence-corrected chi connectivity index (χ2v) is 4.06. The number of nitro benzene ring substituents is 1. The number of likely N-dealkylation sites (N-methyl/N-ethyl adjacent to an activating group) is 1. The molecule has 1 heterocycles. The molecule has 1 aliphatic rings. The molecular weight excluding hydrogens is 224 g/mol. The molecule has 6 nitrogen and oxygen atoms in total. The Morgan fingerprint density at radius 3 is 2.76 bits per heavy atom. The monoisotopic (exact) mass is 236 g/mol. The number of rotatable bonds is 3. The van der Waals surface area contributed by atoms with E-state index < -0.39 is 11.0 Å². The van der Waals surface area contributed by atoms with Crippen molar-refractivity contribution in [2.75, 3.05) is 14.1 Å². The van der Waals surface area contributed by atoms with E-state index in [0.29, 0.717) is 5.56 Å². The van der Waals surface area contributed by atoms with Gasteiger partial charge in [-0.05, 0) is 5.56 Å². The molecule has 1 amide bonds. The molecule has 1 aromatic rings. The van der Waals surface area contributed by atoms with Gasteiger partial charge in [0.1, 0.15) is 6.10 Å². The highest BCUT2D eigenvalue weighted by atomic mass is 16.6. The van der Waals surface area contributed by atoms with Crippen LogP contribution in [0.5, 0.6) is 0 Å². The van der Waals surface area contributed by atoms with Crippen molar-refractivity contribution in [3.05, 3.63) is 39.9 Å². The Labute approximate surface area is 97.9 Å². The summed E-state index contributed by atoms with van der Waals surface area (Å²) >= 11 is 0. The number of benzene rings is 1. The quantitative estimate of drug-likeness (QED) is 0.447. The Kier molecular flexibility index (Phi) is 2.81. The van der Waals surface area contributed by atoms with Crippen LogP contribution in [0, 0.1) is 10.1 Å². The van der Waals surface area contributed by atoms with Crippen molar-refractivity contribution in [2.45, 2.75) is 12.2 Å². The topological polar surface area (TPSA) is 76.0 Å². The molecule has 90 valence electrons. The maximum absolute atomic E-state index is 11.6. The highest BCUT2D eigenvalue weighted by Gasteiger charge is 2.47. The summed E-state index contributed by atoms with van der Waals surface area (Å²) in [6.07, 6.45) is -0.864. The van der Waals surface area contributed by atoms with Crippen molar-refractivity contribution >= 4 is 11.6 Å². The zero-order valence-corrected chi connectivity index (χ0v) is 9.49. The van der Waals surface area contributed by atoms with Gasteiger partial charge in [0, 0.05) is 26.2 Å². The second kappa shape index (κ2) is 4.14. The van der Waals surface area contributed by atoms with Crippen LogP contribution in [0.3, 0.4) is 0 Å². The number of non-ortho nitro benzene ring substituents is 1. The third-order valence-corrected chi connectivity index (χ3v) is 2.59. The van der Waals surface area contributed by atoms with E-state index >= 15 is 0 Å². The number of hydrogen-bond donors (Lipinski definition) is 0. The Morgan fingerprint density at radius 2 is 2.18 bits per heavy atom. The molecule has 0 spiro atoms. The van der Waals surface area contributed by atoms with Gasteiger partial charge in [-0.3, -0.25) is 14.9 Å². The van der Waals surface area contributed by atoms with E-state index in [1.807, 2.05) is 0 Å². The summed E-state index contributed by atoms with van der Waals surface area (Å²) in [5, 5.41) is 10.6. The minimum absolute atomic E-state index is 0.00838. The van der Waals surface area contributed by atoms with Gasteiger partial charge in [-0.15, -0.1) is 0 Å². The van der Waals surface area contributed by atoms with E-state index in [-0.39, 0.29) is 17.7 Å². The lowest BCUT2D eigenvalue weighted by atomic mass is 10.1. The number of epoxide rings is 1. The average Bonchev–Trinajstić information content (AvgIpc) is 3.08. The minimum Gasteiger partial charge on any atom is -0.354 e. The normalized spacial score (nSPS) is 22.0. The molecule has 17 heavy (non-hydrogen) atoms. The summed E-state index contributed by atoms with van der Waals surface area (Å²) in [4.78, 5) is 23.2. The number of ether oxygens (including phenoxy) is 1. The summed E-state index contributed by atoms with van der Waals surface area (Å²) in [6.45, 7) is 0. The Morgan fingerprint density at radius 1 is 1.47 bits per heavy atom. The van der Waals surface area contributed by atoms with Crippen molar-refractivity contribution in [3.8, 4) is 0 Å². The summed E-state index contributed by atoms with van der Waals surface area (Å²) in [5.41, 5.74) is 0.674. The zero-order chi connectivity index (χ0) is 12.6. The highest BCUT2D eigenvalue weighted by molar-refractivity contribution is 5.83. The molecule has 0 aromatic heterocycles. The SMILES string of the molecule is CN(C)C(=O)[C@@H]1O[C@H]1c1cccc([N+](=O)[O-])c1. The predicted octanol–water partition coefficient (Wildman–Crippen LogP) is 1.12. The maximum atomic E-state index is 11.6. The lowest BCUT2D eigenvalue weighted by molar-refractivity contribution is -0.384. The lowest BCUT2D eigenvalue weighted by Crippen LogP contribution is -2.26. The van der Waals surface area contributed by atoms with Gasteiger partial charge in [0.05, 0.1) is 4.92 Å². The van der Waals surface area contributed by atoms with Gasteiger partial charge in [0.25, 0.3) is 11.6 Å². The molecule has 0 bridgehead atoms.